The molecule has 0 saturated carbocycles. The van der Waals surface area contributed by atoms with Crippen molar-refractivity contribution in [2.45, 2.75) is 26.8 Å². The molecule has 1 aliphatic heterocycles. The Morgan fingerprint density at radius 2 is 2.18 bits per heavy atom. The number of aryl methyl sites for hydroxylation is 1. The first-order valence-corrected chi connectivity index (χ1v) is 7.16. The molecule has 1 N–H and O–H groups in total. The van der Waals surface area contributed by atoms with Gasteiger partial charge in [0.05, 0.1) is 16.8 Å². The molecule has 0 bridgehead atoms. The molecule has 0 fully saturated rings. The van der Waals surface area contributed by atoms with E-state index in [2.05, 4.69) is 31.1 Å². The smallest absolute Gasteiger partial charge is 0.161 e. The lowest BCUT2D eigenvalue weighted by Crippen LogP contribution is -2.25. The normalized spacial score (nSPS) is 24.4. The van der Waals surface area contributed by atoms with Gasteiger partial charge in [-0.15, -0.1) is 0 Å². The molecule has 92 valence electrons. The van der Waals surface area contributed by atoms with Gasteiger partial charge >= 0.3 is 0 Å². The lowest BCUT2D eigenvalue weighted by Gasteiger charge is -2.24. The van der Waals surface area contributed by atoms with Gasteiger partial charge in [-0.1, -0.05) is 36.4 Å². The van der Waals surface area contributed by atoms with Crippen molar-refractivity contribution in [3.63, 3.8) is 0 Å². The van der Waals surface area contributed by atoms with Crippen LogP contribution in [0, 0.1) is 12.8 Å². The quantitative estimate of drug-likeness (QED) is 0.826. The summed E-state index contributed by atoms with van der Waals surface area (Å²) in [6, 6.07) is 6.35. The maximum atomic E-state index is 6.15. The molecule has 0 radical (unpaired) electrons. The van der Waals surface area contributed by atoms with Crippen LogP contribution in [0.2, 0.25) is 5.02 Å². The molecule has 1 aromatic carbocycles. The number of hydrogen-bond acceptors (Lipinski definition) is 3. The monoisotopic (exact) mass is 268 g/mol. The number of thioether (sulfide) groups is 1. The van der Waals surface area contributed by atoms with E-state index in [1.54, 1.807) is 11.8 Å². The number of amidine groups is 1. The summed E-state index contributed by atoms with van der Waals surface area (Å²) in [4.78, 5) is 4.64. The Bertz CT molecular complexity index is 445. The van der Waals surface area contributed by atoms with Crippen LogP contribution in [0.1, 0.15) is 19.4 Å². The second kappa shape index (κ2) is 5.32. The lowest BCUT2D eigenvalue weighted by molar-refractivity contribution is 0.537. The Morgan fingerprint density at radius 1 is 1.41 bits per heavy atom. The molecule has 0 aromatic heterocycles. The minimum Gasteiger partial charge on any atom is -0.334 e. The fraction of sp³-hybridized carbons (Fsp3) is 0.462. The SMILES string of the molecule is Cc1ccc(Cl)c(NC2=NC(C)C(C)CS2)c1. The molecule has 2 nitrogen and oxygen atoms in total. The number of hydrogen-bond donors (Lipinski definition) is 1. The third-order valence-electron chi connectivity index (χ3n) is 2.99. The van der Waals surface area contributed by atoms with Gasteiger partial charge in [-0.25, -0.2) is 0 Å². The van der Waals surface area contributed by atoms with Crippen LogP contribution in [-0.4, -0.2) is 17.0 Å². The zero-order chi connectivity index (χ0) is 12.4. The van der Waals surface area contributed by atoms with Crippen LogP contribution in [0.5, 0.6) is 0 Å². The summed E-state index contributed by atoms with van der Waals surface area (Å²) in [5.74, 6) is 1.75. The Labute approximate surface area is 112 Å². The molecule has 2 rings (SSSR count). The fourth-order valence-corrected chi connectivity index (χ4v) is 2.90. The molecule has 0 spiro atoms. The van der Waals surface area contributed by atoms with Crippen LogP contribution in [0.4, 0.5) is 5.69 Å². The third kappa shape index (κ3) is 3.17. The first kappa shape index (κ1) is 12.8. The predicted octanol–water partition coefficient (Wildman–Crippen LogP) is 4.19. The Kier molecular flexibility index (Phi) is 4.00. The molecular formula is C13H17ClN2S. The van der Waals surface area contributed by atoms with Crippen molar-refractivity contribution in [1.29, 1.82) is 0 Å². The molecule has 1 heterocycles. The van der Waals surface area contributed by atoms with Gasteiger partial charge in [0, 0.05) is 5.75 Å². The summed E-state index contributed by atoms with van der Waals surface area (Å²) in [6.07, 6.45) is 0. The number of aliphatic imine (C=N–C) groups is 1. The van der Waals surface area contributed by atoms with E-state index < -0.39 is 0 Å². The standard InChI is InChI=1S/C13H17ClN2S/c1-8-4-5-11(14)12(6-8)16-13-15-10(3)9(2)7-17-13/h4-6,9-10H,7H2,1-3H3,(H,15,16). The molecule has 0 saturated heterocycles. The molecule has 2 unspecified atom stereocenters. The highest BCUT2D eigenvalue weighted by Crippen LogP contribution is 2.27. The second-order valence-corrected chi connectivity index (χ2v) is 5.99. The maximum Gasteiger partial charge on any atom is 0.161 e. The van der Waals surface area contributed by atoms with Gasteiger partial charge in [0.25, 0.3) is 0 Å². The number of halogens is 1. The Morgan fingerprint density at radius 3 is 2.88 bits per heavy atom. The highest BCUT2D eigenvalue weighted by atomic mass is 35.5. The Balaban J connectivity index is 2.16. The van der Waals surface area contributed by atoms with Crippen molar-refractivity contribution in [2.24, 2.45) is 10.9 Å². The second-order valence-electron chi connectivity index (χ2n) is 4.57. The first-order valence-electron chi connectivity index (χ1n) is 5.80. The van der Waals surface area contributed by atoms with Gasteiger partial charge in [-0.2, -0.15) is 0 Å². The van der Waals surface area contributed by atoms with Crippen LogP contribution in [0.3, 0.4) is 0 Å². The highest BCUT2D eigenvalue weighted by molar-refractivity contribution is 8.14. The largest absolute Gasteiger partial charge is 0.334 e. The van der Waals surface area contributed by atoms with Crippen molar-refractivity contribution in [3.05, 3.63) is 28.8 Å². The van der Waals surface area contributed by atoms with Crippen molar-refractivity contribution >= 4 is 34.2 Å². The van der Waals surface area contributed by atoms with Gasteiger partial charge in [-0.05, 0) is 37.5 Å². The van der Waals surface area contributed by atoms with Gasteiger partial charge in [-0.3, -0.25) is 4.99 Å². The zero-order valence-electron chi connectivity index (χ0n) is 10.3. The van der Waals surface area contributed by atoms with Crippen LogP contribution in [0.25, 0.3) is 0 Å². The molecule has 1 aromatic rings. The summed E-state index contributed by atoms with van der Waals surface area (Å²) in [7, 11) is 0. The van der Waals surface area contributed by atoms with Crippen molar-refractivity contribution < 1.29 is 0 Å². The third-order valence-corrected chi connectivity index (χ3v) is 4.49. The Hall–Kier alpha value is -0.670. The topological polar surface area (TPSA) is 24.4 Å². The average molecular weight is 269 g/mol. The van der Waals surface area contributed by atoms with E-state index in [1.807, 2.05) is 18.2 Å². The van der Waals surface area contributed by atoms with Gasteiger partial charge < -0.3 is 5.32 Å². The predicted molar refractivity (Wildman–Crippen MR) is 78.3 cm³/mol. The number of rotatable bonds is 1. The van der Waals surface area contributed by atoms with Crippen LogP contribution >= 0.6 is 23.4 Å². The molecule has 4 heteroatoms. The van der Waals surface area contributed by atoms with Gasteiger partial charge in [0.2, 0.25) is 0 Å². The number of nitrogens with one attached hydrogen (secondary N) is 1. The van der Waals surface area contributed by atoms with E-state index in [0.717, 1.165) is 21.6 Å². The van der Waals surface area contributed by atoms with Gasteiger partial charge in [0.15, 0.2) is 5.17 Å². The highest BCUT2D eigenvalue weighted by Gasteiger charge is 2.19. The molecule has 0 amide bonds. The number of anilines is 1. The van der Waals surface area contributed by atoms with E-state index in [4.69, 9.17) is 11.6 Å². The van der Waals surface area contributed by atoms with Crippen LogP contribution < -0.4 is 5.32 Å². The van der Waals surface area contributed by atoms with Crippen LogP contribution in [0.15, 0.2) is 23.2 Å². The number of benzene rings is 1. The average Bonchev–Trinajstić information content (AvgIpc) is 2.29. The summed E-state index contributed by atoms with van der Waals surface area (Å²) < 4.78 is 0. The van der Waals surface area contributed by atoms with E-state index in [9.17, 15) is 0 Å². The summed E-state index contributed by atoms with van der Waals surface area (Å²) in [5.41, 5.74) is 2.14. The van der Waals surface area contributed by atoms with E-state index >= 15 is 0 Å². The minimum absolute atomic E-state index is 0.377. The van der Waals surface area contributed by atoms with Crippen LogP contribution in [-0.2, 0) is 0 Å². The molecule has 17 heavy (non-hydrogen) atoms. The molecule has 1 aliphatic rings. The summed E-state index contributed by atoms with van der Waals surface area (Å²) in [5, 5.41) is 5.04. The number of nitrogens with zero attached hydrogens (tertiary/aromatic N) is 1. The summed E-state index contributed by atoms with van der Waals surface area (Å²) >= 11 is 7.92. The van der Waals surface area contributed by atoms with E-state index in [-0.39, 0.29) is 0 Å². The van der Waals surface area contributed by atoms with Crippen molar-refractivity contribution in [1.82, 2.24) is 0 Å². The zero-order valence-corrected chi connectivity index (χ0v) is 11.9. The summed E-state index contributed by atoms with van der Waals surface area (Å²) in [6.45, 7) is 6.45. The van der Waals surface area contributed by atoms with Crippen molar-refractivity contribution in [2.75, 3.05) is 11.1 Å². The minimum atomic E-state index is 0.377. The van der Waals surface area contributed by atoms with Crippen molar-refractivity contribution in [3.8, 4) is 0 Å². The first-order chi connectivity index (χ1) is 8.06. The molecule has 0 aliphatic carbocycles. The molecule has 2 atom stereocenters. The van der Waals surface area contributed by atoms with Gasteiger partial charge in [0.1, 0.15) is 0 Å². The molecular weight excluding hydrogens is 252 g/mol. The fourth-order valence-electron chi connectivity index (χ4n) is 1.62. The van der Waals surface area contributed by atoms with E-state index in [0.29, 0.717) is 12.0 Å². The van der Waals surface area contributed by atoms with E-state index in [1.165, 1.54) is 5.56 Å². The maximum absolute atomic E-state index is 6.15. The lowest BCUT2D eigenvalue weighted by atomic mass is 10.1.